The van der Waals surface area contributed by atoms with E-state index < -0.39 is 18.1 Å². The van der Waals surface area contributed by atoms with E-state index in [4.69, 9.17) is 33.2 Å². The number of fused-ring (bicyclic) bond motifs is 1. The fourth-order valence-corrected chi connectivity index (χ4v) is 4.39. The predicted molar refractivity (Wildman–Crippen MR) is 117 cm³/mol. The van der Waals surface area contributed by atoms with Crippen LogP contribution in [0.15, 0.2) is 36.4 Å². The van der Waals surface area contributed by atoms with Gasteiger partial charge in [-0.15, -0.1) is 0 Å². The number of esters is 1. The molecule has 0 spiro atoms. The van der Waals surface area contributed by atoms with Gasteiger partial charge in [0.25, 0.3) is 0 Å². The van der Waals surface area contributed by atoms with Gasteiger partial charge in [-0.25, -0.2) is 4.79 Å². The fourth-order valence-electron chi connectivity index (χ4n) is 3.77. The average molecular weight is 446 g/mol. The second-order valence-corrected chi connectivity index (χ2v) is 7.88. The summed E-state index contributed by atoms with van der Waals surface area (Å²) >= 11 is 12.7. The Morgan fingerprint density at radius 3 is 2.57 bits per heavy atom. The number of halogens is 2. The lowest BCUT2D eigenvalue weighted by molar-refractivity contribution is -0.142. The van der Waals surface area contributed by atoms with Crippen LogP contribution in [0.3, 0.4) is 0 Å². The molecule has 1 amide bonds. The van der Waals surface area contributed by atoms with Crippen molar-refractivity contribution in [3.63, 3.8) is 0 Å². The largest absolute Gasteiger partial charge is 0.467 e. The second kappa shape index (κ2) is 9.38. The number of methoxy groups -OCH3 is 1. The van der Waals surface area contributed by atoms with Gasteiger partial charge in [-0.2, -0.15) is 5.26 Å². The highest BCUT2D eigenvalue weighted by molar-refractivity contribution is 6.35. The van der Waals surface area contributed by atoms with Crippen molar-refractivity contribution in [1.82, 2.24) is 0 Å². The van der Waals surface area contributed by atoms with Gasteiger partial charge in [-0.1, -0.05) is 35.3 Å². The van der Waals surface area contributed by atoms with E-state index in [2.05, 4.69) is 11.4 Å². The lowest BCUT2D eigenvalue weighted by atomic mass is 9.90. The van der Waals surface area contributed by atoms with Gasteiger partial charge in [0.2, 0.25) is 5.91 Å². The number of aryl methyl sites for hydroxylation is 1. The molecule has 0 radical (unpaired) electrons. The molecule has 2 atom stereocenters. The predicted octanol–water partition coefficient (Wildman–Crippen LogP) is 4.90. The summed E-state index contributed by atoms with van der Waals surface area (Å²) in [6.45, 7) is 1.47. The molecule has 2 aromatic carbocycles. The zero-order valence-electron chi connectivity index (χ0n) is 16.6. The van der Waals surface area contributed by atoms with Crippen LogP contribution in [0.5, 0.6) is 0 Å². The maximum atomic E-state index is 12.7. The van der Waals surface area contributed by atoms with Crippen molar-refractivity contribution < 1.29 is 14.3 Å². The average Bonchev–Trinajstić information content (AvgIpc) is 2.71. The van der Waals surface area contributed by atoms with Crippen LogP contribution in [0.2, 0.25) is 10.0 Å². The number of nitrogens with zero attached hydrogens (tertiary/aromatic N) is 2. The number of rotatable bonds is 5. The Balaban J connectivity index is 2.06. The topological polar surface area (TPSA) is 82.4 Å². The molecule has 0 unspecified atom stereocenters. The van der Waals surface area contributed by atoms with Crippen molar-refractivity contribution in [2.45, 2.75) is 38.3 Å². The van der Waals surface area contributed by atoms with Crippen molar-refractivity contribution in [3.8, 4) is 6.07 Å². The molecule has 0 fully saturated rings. The number of hydrogen-bond donors (Lipinski definition) is 1. The molecule has 6 nitrogen and oxygen atoms in total. The monoisotopic (exact) mass is 445 g/mol. The first-order valence-electron chi connectivity index (χ1n) is 9.44. The number of nitrogens with one attached hydrogen (secondary N) is 1. The molecular formula is C22H21Cl2N3O3. The SMILES string of the molecule is COC(=O)[C@@H]1C[C@@H](N(C(C)=O)c2ccc(CCC#N)cc2)c2c(Cl)cc(Cl)cc2N1. The van der Waals surface area contributed by atoms with Crippen LogP contribution in [-0.4, -0.2) is 25.0 Å². The van der Waals surface area contributed by atoms with Gasteiger partial charge < -0.3 is 15.0 Å². The van der Waals surface area contributed by atoms with Crippen molar-refractivity contribution in [2.24, 2.45) is 0 Å². The quantitative estimate of drug-likeness (QED) is 0.661. The summed E-state index contributed by atoms with van der Waals surface area (Å²) in [5, 5.41) is 12.7. The summed E-state index contributed by atoms with van der Waals surface area (Å²) in [5.41, 5.74) is 2.98. The Morgan fingerprint density at radius 2 is 1.97 bits per heavy atom. The molecule has 8 heteroatoms. The number of carbonyl (C=O) groups excluding carboxylic acids is 2. The Hall–Kier alpha value is -2.75. The Bertz CT molecular complexity index is 1000. The van der Waals surface area contributed by atoms with Gasteiger partial charge in [0.1, 0.15) is 6.04 Å². The van der Waals surface area contributed by atoms with Crippen molar-refractivity contribution in [2.75, 3.05) is 17.3 Å². The van der Waals surface area contributed by atoms with Crippen molar-refractivity contribution >= 4 is 46.5 Å². The number of hydrogen-bond acceptors (Lipinski definition) is 5. The summed E-state index contributed by atoms with van der Waals surface area (Å²) < 4.78 is 4.92. The van der Waals surface area contributed by atoms with Crippen LogP contribution in [0, 0.1) is 11.3 Å². The Labute approximate surface area is 185 Å². The van der Waals surface area contributed by atoms with Gasteiger partial charge in [-0.3, -0.25) is 4.79 Å². The molecule has 1 N–H and O–H groups in total. The van der Waals surface area contributed by atoms with Crippen LogP contribution in [0.4, 0.5) is 11.4 Å². The summed E-state index contributed by atoms with van der Waals surface area (Å²) in [5.74, 6) is -0.621. The molecule has 0 aromatic heterocycles. The molecule has 0 bridgehead atoms. The molecule has 3 rings (SSSR count). The number of anilines is 2. The minimum atomic E-state index is -0.654. The summed E-state index contributed by atoms with van der Waals surface area (Å²) in [4.78, 5) is 26.6. The molecule has 2 aromatic rings. The van der Waals surface area contributed by atoms with E-state index in [1.807, 2.05) is 24.3 Å². The van der Waals surface area contributed by atoms with Gasteiger partial charge in [0, 0.05) is 46.7 Å². The maximum absolute atomic E-state index is 12.7. The van der Waals surface area contributed by atoms with Gasteiger partial charge in [-0.05, 0) is 36.2 Å². The molecule has 1 aliphatic rings. The minimum Gasteiger partial charge on any atom is -0.467 e. The number of nitriles is 1. The zero-order chi connectivity index (χ0) is 21.8. The second-order valence-electron chi connectivity index (χ2n) is 7.03. The Kier molecular flexibility index (Phi) is 6.86. The van der Waals surface area contributed by atoms with Gasteiger partial charge in [0.15, 0.2) is 0 Å². The summed E-state index contributed by atoms with van der Waals surface area (Å²) in [6, 6.07) is 11.8. The van der Waals surface area contributed by atoms with E-state index in [0.29, 0.717) is 39.8 Å². The smallest absolute Gasteiger partial charge is 0.328 e. The first-order valence-corrected chi connectivity index (χ1v) is 10.2. The Morgan fingerprint density at radius 1 is 1.27 bits per heavy atom. The van der Waals surface area contributed by atoms with E-state index in [1.54, 1.807) is 17.0 Å². The number of ether oxygens (including phenoxy) is 1. The van der Waals surface area contributed by atoms with Crippen LogP contribution in [0.25, 0.3) is 0 Å². The van der Waals surface area contributed by atoms with E-state index in [9.17, 15) is 9.59 Å². The van der Waals surface area contributed by atoms with Crippen LogP contribution >= 0.6 is 23.2 Å². The van der Waals surface area contributed by atoms with E-state index >= 15 is 0 Å². The first kappa shape index (κ1) is 21.9. The maximum Gasteiger partial charge on any atom is 0.328 e. The van der Waals surface area contributed by atoms with Crippen molar-refractivity contribution in [3.05, 3.63) is 57.6 Å². The van der Waals surface area contributed by atoms with E-state index in [0.717, 1.165) is 5.56 Å². The minimum absolute atomic E-state index is 0.188. The normalized spacial score (nSPS) is 17.3. The number of carbonyl (C=O) groups is 2. The van der Waals surface area contributed by atoms with Crippen LogP contribution < -0.4 is 10.2 Å². The third-order valence-electron chi connectivity index (χ3n) is 5.09. The van der Waals surface area contributed by atoms with Gasteiger partial charge in [0.05, 0.1) is 19.2 Å². The molecule has 156 valence electrons. The molecule has 0 aliphatic carbocycles. The third-order valence-corrected chi connectivity index (χ3v) is 5.62. The van der Waals surface area contributed by atoms with Crippen molar-refractivity contribution in [1.29, 1.82) is 5.26 Å². The highest BCUT2D eigenvalue weighted by Gasteiger charge is 2.38. The van der Waals surface area contributed by atoms with E-state index in [-0.39, 0.29) is 12.3 Å². The molecule has 1 heterocycles. The summed E-state index contributed by atoms with van der Waals surface area (Å²) in [6.07, 6.45) is 1.35. The molecular weight excluding hydrogens is 425 g/mol. The molecule has 30 heavy (non-hydrogen) atoms. The lowest BCUT2D eigenvalue weighted by Crippen LogP contribution is -2.43. The van der Waals surface area contributed by atoms with Gasteiger partial charge >= 0.3 is 5.97 Å². The van der Waals surface area contributed by atoms with Crippen LogP contribution in [-0.2, 0) is 20.7 Å². The summed E-state index contributed by atoms with van der Waals surface area (Å²) in [7, 11) is 1.32. The molecule has 0 saturated heterocycles. The highest BCUT2D eigenvalue weighted by atomic mass is 35.5. The fraction of sp³-hybridized carbons (Fsp3) is 0.318. The first-order chi connectivity index (χ1) is 14.3. The highest BCUT2D eigenvalue weighted by Crippen LogP contribution is 2.44. The molecule has 1 aliphatic heterocycles. The third kappa shape index (κ3) is 4.53. The molecule has 0 saturated carbocycles. The zero-order valence-corrected chi connectivity index (χ0v) is 18.1. The lowest BCUT2D eigenvalue weighted by Gasteiger charge is -2.39. The number of amides is 1. The van der Waals surface area contributed by atoms with Crippen LogP contribution in [0.1, 0.15) is 36.9 Å². The van der Waals surface area contributed by atoms with E-state index in [1.165, 1.54) is 14.0 Å². The standard InChI is InChI=1S/C22H21Cl2N3O3/c1-13(28)27(16-7-5-14(6-8-16)4-3-9-25)20-12-19(22(29)30-2)26-18-11-15(23)10-17(24)21(18)20/h5-8,10-11,19-20,26H,3-4,12H2,1-2H3/t19-,20+/m0/s1. The number of benzene rings is 2.